The van der Waals surface area contributed by atoms with Crippen molar-refractivity contribution in [2.45, 2.75) is 37.6 Å². The summed E-state index contributed by atoms with van der Waals surface area (Å²) in [5, 5.41) is 0.958. The number of amides is 1. The first kappa shape index (κ1) is 24.7. The summed E-state index contributed by atoms with van der Waals surface area (Å²) in [6.45, 7) is 3.01. The molecule has 7 heteroatoms. The Balaban J connectivity index is 1.16. The van der Waals surface area contributed by atoms with Gasteiger partial charge in [0, 0.05) is 35.8 Å². The summed E-state index contributed by atoms with van der Waals surface area (Å²) in [6, 6.07) is 15.4. The minimum atomic E-state index is -0.384. The van der Waals surface area contributed by atoms with Crippen LogP contribution in [-0.4, -0.2) is 46.9 Å². The van der Waals surface area contributed by atoms with Crippen LogP contribution < -0.4 is 0 Å². The molecule has 1 amide bonds. The molecule has 2 aliphatic rings. The van der Waals surface area contributed by atoms with Crippen LogP contribution in [0.4, 0.5) is 13.2 Å². The Morgan fingerprint density at radius 1 is 0.895 bits per heavy atom. The van der Waals surface area contributed by atoms with Crippen LogP contribution in [-0.2, 0) is 6.42 Å². The molecule has 1 unspecified atom stereocenters. The van der Waals surface area contributed by atoms with Crippen molar-refractivity contribution in [3.63, 3.8) is 0 Å². The molecule has 0 saturated carbocycles. The lowest BCUT2D eigenvalue weighted by molar-refractivity contribution is 0.0628. The average Bonchev–Trinajstić information content (AvgIpc) is 3.35. The number of rotatable bonds is 5. The zero-order valence-electron chi connectivity index (χ0n) is 21.1. The molecule has 4 nitrogen and oxygen atoms in total. The van der Waals surface area contributed by atoms with Crippen LogP contribution >= 0.6 is 0 Å². The molecule has 38 heavy (non-hydrogen) atoms. The number of carbonyl (C=O) groups is 1. The maximum Gasteiger partial charge on any atom is 0.254 e. The van der Waals surface area contributed by atoms with Gasteiger partial charge in [-0.1, -0.05) is 12.1 Å². The lowest BCUT2D eigenvalue weighted by Crippen LogP contribution is -2.42. The van der Waals surface area contributed by atoms with Gasteiger partial charge >= 0.3 is 0 Å². The fourth-order valence-corrected chi connectivity index (χ4v) is 6.24. The van der Waals surface area contributed by atoms with E-state index in [0.29, 0.717) is 36.4 Å². The number of benzene rings is 3. The van der Waals surface area contributed by atoms with Gasteiger partial charge in [0.15, 0.2) is 0 Å². The summed E-state index contributed by atoms with van der Waals surface area (Å²) in [6.07, 6.45) is 5.10. The Bertz CT molecular complexity index is 1460. The fourth-order valence-electron chi connectivity index (χ4n) is 6.24. The van der Waals surface area contributed by atoms with Crippen molar-refractivity contribution in [2.75, 3.05) is 26.2 Å². The number of carbonyl (C=O) groups excluding carboxylic acids is 1. The first-order chi connectivity index (χ1) is 18.5. The number of fused-ring (bicyclic) bond motifs is 2. The van der Waals surface area contributed by atoms with Gasteiger partial charge in [-0.05, 0) is 110 Å². The van der Waals surface area contributed by atoms with Gasteiger partial charge in [-0.25, -0.2) is 13.2 Å². The Labute approximate surface area is 220 Å². The van der Waals surface area contributed by atoms with Gasteiger partial charge < -0.3 is 14.8 Å². The Morgan fingerprint density at radius 3 is 2.45 bits per heavy atom. The predicted molar refractivity (Wildman–Crippen MR) is 142 cm³/mol. The van der Waals surface area contributed by atoms with E-state index in [9.17, 15) is 18.0 Å². The Morgan fingerprint density at radius 2 is 1.66 bits per heavy atom. The van der Waals surface area contributed by atoms with Gasteiger partial charge in [0.2, 0.25) is 0 Å². The van der Waals surface area contributed by atoms with Crippen LogP contribution in [0.5, 0.6) is 0 Å². The summed E-state index contributed by atoms with van der Waals surface area (Å²) in [4.78, 5) is 20.9. The normalized spacial score (nSPS) is 18.6. The fraction of sp³-hybridized carbons (Fsp3) is 0.323. The van der Waals surface area contributed by atoms with Crippen LogP contribution in [0, 0.1) is 17.5 Å². The third-order valence-corrected chi connectivity index (χ3v) is 8.27. The van der Waals surface area contributed by atoms with E-state index < -0.39 is 0 Å². The highest BCUT2D eigenvalue weighted by atomic mass is 19.1. The molecule has 0 spiro atoms. The van der Waals surface area contributed by atoms with Crippen molar-refractivity contribution in [1.82, 2.24) is 14.8 Å². The average molecular weight is 518 g/mol. The summed E-state index contributed by atoms with van der Waals surface area (Å²) < 4.78 is 42.0. The number of aromatic nitrogens is 1. The van der Waals surface area contributed by atoms with E-state index in [1.807, 2.05) is 17.2 Å². The zero-order chi connectivity index (χ0) is 26.2. The maximum absolute atomic E-state index is 14.7. The number of halogens is 3. The molecule has 1 fully saturated rings. The van der Waals surface area contributed by atoms with Crippen LogP contribution in [0.15, 0.2) is 66.9 Å². The third-order valence-electron chi connectivity index (χ3n) is 8.27. The number of H-pyrrole nitrogens is 1. The Kier molecular flexibility index (Phi) is 6.70. The highest BCUT2D eigenvalue weighted by Crippen LogP contribution is 2.37. The van der Waals surface area contributed by atoms with Crippen LogP contribution in [0.2, 0.25) is 0 Å². The molecule has 1 N–H and O–H groups in total. The molecular weight excluding hydrogens is 487 g/mol. The van der Waals surface area contributed by atoms with Crippen molar-refractivity contribution < 1.29 is 18.0 Å². The van der Waals surface area contributed by atoms with E-state index in [2.05, 4.69) is 9.88 Å². The molecule has 6 rings (SSSR count). The monoisotopic (exact) mass is 517 g/mol. The van der Waals surface area contributed by atoms with Gasteiger partial charge in [0.05, 0.1) is 6.04 Å². The molecule has 3 heterocycles. The number of nitrogens with one attached hydrogen (secondary N) is 1. The van der Waals surface area contributed by atoms with E-state index >= 15 is 0 Å². The largest absolute Gasteiger partial charge is 0.361 e. The van der Waals surface area contributed by atoms with Gasteiger partial charge in [0.1, 0.15) is 17.5 Å². The molecular formula is C31H30F3N3O. The SMILES string of the molecule is O=C(c1ccc(F)cc1)N1CCc2c(F)cccc2C1CCN1CCC(c2c[nH]c3ccc(F)cc23)CC1. The predicted octanol–water partition coefficient (Wildman–Crippen LogP) is 6.59. The summed E-state index contributed by atoms with van der Waals surface area (Å²) >= 11 is 0. The lowest BCUT2D eigenvalue weighted by Gasteiger charge is -2.39. The number of nitrogens with zero attached hydrogens (tertiary/aromatic N) is 2. The molecule has 0 aliphatic carbocycles. The number of hydrogen-bond acceptors (Lipinski definition) is 2. The van der Waals surface area contributed by atoms with Crippen LogP contribution in [0.3, 0.4) is 0 Å². The van der Waals surface area contributed by atoms with E-state index in [1.54, 1.807) is 18.2 Å². The molecule has 0 radical (unpaired) electrons. The van der Waals surface area contributed by atoms with Crippen molar-refractivity contribution in [3.05, 3.63) is 107 Å². The van der Waals surface area contributed by atoms with Crippen molar-refractivity contribution in [2.24, 2.45) is 0 Å². The highest BCUT2D eigenvalue weighted by Gasteiger charge is 2.33. The highest BCUT2D eigenvalue weighted by molar-refractivity contribution is 5.94. The molecule has 1 saturated heterocycles. The first-order valence-electron chi connectivity index (χ1n) is 13.3. The van der Waals surface area contributed by atoms with Gasteiger partial charge in [-0.15, -0.1) is 0 Å². The molecule has 0 bridgehead atoms. The van der Waals surface area contributed by atoms with E-state index in [0.717, 1.165) is 48.9 Å². The van der Waals surface area contributed by atoms with Crippen LogP contribution in [0.1, 0.15) is 58.3 Å². The topological polar surface area (TPSA) is 39.3 Å². The smallest absolute Gasteiger partial charge is 0.254 e. The van der Waals surface area contributed by atoms with Crippen molar-refractivity contribution in [3.8, 4) is 0 Å². The van der Waals surface area contributed by atoms with E-state index in [-0.39, 0.29) is 29.4 Å². The molecule has 3 aromatic carbocycles. The molecule has 1 atom stereocenters. The van der Waals surface area contributed by atoms with Gasteiger partial charge in [-0.2, -0.15) is 0 Å². The quantitative estimate of drug-likeness (QED) is 0.324. The number of aromatic amines is 1. The summed E-state index contributed by atoms with van der Waals surface area (Å²) in [5.41, 5.74) is 4.12. The molecule has 196 valence electrons. The minimum Gasteiger partial charge on any atom is -0.361 e. The molecule has 1 aromatic heterocycles. The van der Waals surface area contributed by atoms with E-state index in [4.69, 9.17) is 0 Å². The Hall–Kier alpha value is -3.58. The first-order valence-corrected chi connectivity index (χ1v) is 13.3. The van der Waals surface area contributed by atoms with Crippen LogP contribution in [0.25, 0.3) is 10.9 Å². The standard InChI is InChI=1S/C31H30F3N3O/c32-22-6-4-21(5-7-22)31(38)37-17-12-24-25(2-1-3-28(24)34)30(37)13-16-36-14-10-20(11-15-36)27-19-35-29-9-8-23(33)18-26(27)29/h1-9,18-20,30,35H,10-17H2. The van der Waals surface area contributed by atoms with Crippen molar-refractivity contribution in [1.29, 1.82) is 0 Å². The second kappa shape index (κ2) is 10.3. The lowest BCUT2D eigenvalue weighted by atomic mass is 9.87. The second-order valence-electron chi connectivity index (χ2n) is 10.4. The molecule has 2 aliphatic heterocycles. The van der Waals surface area contributed by atoms with E-state index in [1.165, 1.54) is 42.0 Å². The van der Waals surface area contributed by atoms with Gasteiger partial charge in [0.25, 0.3) is 5.91 Å². The summed E-state index contributed by atoms with van der Waals surface area (Å²) in [5.74, 6) is -0.625. The molecule has 4 aromatic rings. The maximum atomic E-state index is 14.7. The minimum absolute atomic E-state index is 0.157. The zero-order valence-corrected chi connectivity index (χ0v) is 21.1. The van der Waals surface area contributed by atoms with Crippen molar-refractivity contribution >= 4 is 16.8 Å². The number of likely N-dealkylation sites (tertiary alicyclic amines) is 1. The number of hydrogen-bond donors (Lipinski definition) is 1. The number of piperidine rings is 1. The second-order valence-corrected chi connectivity index (χ2v) is 10.4. The summed E-state index contributed by atoms with van der Waals surface area (Å²) in [7, 11) is 0. The van der Waals surface area contributed by atoms with Gasteiger partial charge in [-0.3, -0.25) is 4.79 Å². The third kappa shape index (κ3) is 4.71.